The molecule has 1 aliphatic carbocycles. The number of ketones is 2. The van der Waals surface area contributed by atoms with Crippen LogP contribution in [0, 0.1) is 0 Å². The monoisotopic (exact) mass is 288 g/mol. The van der Waals surface area contributed by atoms with Crippen molar-refractivity contribution in [3.05, 3.63) is 71.4 Å². The first-order valence-corrected chi connectivity index (χ1v) is 6.99. The van der Waals surface area contributed by atoms with Crippen LogP contribution in [0.4, 0.5) is 5.69 Å². The summed E-state index contributed by atoms with van der Waals surface area (Å²) in [6.45, 7) is 0. The number of anilines is 1. The summed E-state index contributed by atoms with van der Waals surface area (Å²) in [7, 11) is 0. The van der Waals surface area contributed by atoms with Crippen molar-refractivity contribution in [1.82, 2.24) is 4.98 Å². The number of nitrogen functional groups attached to an aromatic ring is 1. The van der Waals surface area contributed by atoms with Gasteiger partial charge in [-0.2, -0.15) is 0 Å². The minimum Gasteiger partial charge on any atom is -0.398 e. The van der Waals surface area contributed by atoms with E-state index >= 15 is 0 Å². The van der Waals surface area contributed by atoms with Gasteiger partial charge in [0.15, 0.2) is 11.6 Å². The molecule has 0 atom stereocenters. The molecule has 0 amide bonds. The molecular weight excluding hydrogens is 276 g/mol. The van der Waals surface area contributed by atoms with Crippen molar-refractivity contribution in [2.45, 2.75) is 5.92 Å². The van der Waals surface area contributed by atoms with E-state index < -0.39 is 5.92 Å². The van der Waals surface area contributed by atoms with Crippen LogP contribution in [0.1, 0.15) is 32.3 Å². The molecule has 4 heteroatoms. The molecule has 0 aliphatic heterocycles. The molecule has 0 unspecified atom stereocenters. The number of nitrogens with two attached hydrogens (primary N) is 1. The van der Waals surface area contributed by atoms with Gasteiger partial charge in [-0.1, -0.05) is 30.3 Å². The maximum atomic E-state index is 12.5. The second-order valence-electron chi connectivity index (χ2n) is 5.36. The first-order chi connectivity index (χ1) is 10.7. The van der Waals surface area contributed by atoms with Gasteiger partial charge in [0, 0.05) is 22.2 Å². The van der Waals surface area contributed by atoms with E-state index in [0.717, 1.165) is 5.39 Å². The third-order valence-corrected chi connectivity index (χ3v) is 4.07. The Balaban J connectivity index is 1.87. The molecule has 4 rings (SSSR count). The molecule has 1 heterocycles. The SMILES string of the molecule is Nc1cccc2nc(C3C(=O)c4ccccc4C3=O)ccc12. The minimum atomic E-state index is -0.844. The summed E-state index contributed by atoms with van der Waals surface area (Å²) in [4.78, 5) is 29.5. The fraction of sp³-hybridized carbons (Fsp3) is 0.0556. The molecule has 2 aromatic carbocycles. The number of hydrogen-bond donors (Lipinski definition) is 1. The number of benzene rings is 2. The second kappa shape index (κ2) is 4.49. The summed E-state index contributed by atoms with van der Waals surface area (Å²) in [5.74, 6) is -1.21. The molecule has 0 spiro atoms. The Hall–Kier alpha value is -3.01. The highest BCUT2D eigenvalue weighted by Crippen LogP contribution is 2.34. The van der Waals surface area contributed by atoms with Gasteiger partial charge in [-0.25, -0.2) is 0 Å². The highest BCUT2D eigenvalue weighted by Gasteiger charge is 2.40. The molecule has 0 saturated carbocycles. The molecule has 3 aromatic rings. The smallest absolute Gasteiger partial charge is 0.180 e. The third kappa shape index (κ3) is 1.67. The Morgan fingerprint density at radius 2 is 1.50 bits per heavy atom. The number of carbonyl (C=O) groups is 2. The van der Waals surface area contributed by atoms with E-state index in [4.69, 9.17) is 5.73 Å². The van der Waals surface area contributed by atoms with Gasteiger partial charge >= 0.3 is 0 Å². The number of aromatic nitrogens is 1. The van der Waals surface area contributed by atoms with Crippen LogP contribution in [-0.4, -0.2) is 16.6 Å². The number of rotatable bonds is 1. The largest absolute Gasteiger partial charge is 0.398 e. The minimum absolute atomic E-state index is 0.184. The van der Waals surface area contributed by atoms with Gasteiger partial charge in [0.05, 0.1) is 11.2 Å². The highest BCUT2D eigenvalue weighted by molar-refractivity contribution is 6.29. The molecule has 1 aliphatic rings. The first kappa shape index (κ1) is 12.7. The Morgan fingerprint density at radius 3 is 2.18 bits per heavy atom. The highest BCUT2D eigenvalue weighted by atomic mass is 16.2. The average Bonchev–Trinajstić information content (AvgIpc) is 2.79. The quantitative estimate of drug-likeness (QED) is 0.552. The number of pyridine rings is 1. The van der Waals surface area contributed by atoms with Crippen LogP contribution in [0.3, 0.4) is 0 Å². The molecule has 2 N–H and O–H groups in total. The summed E-state index contributed by atoms with van der Waals surface area (Å²) >= 11 is 0. The lowest BCUT2D eigenvalue weighted by Crippen LogP contribution is -2.14. The van der Waals surface area contributed by atoms with Crippen LogP contribution >= 0.6 is 0 Å². The van der Waals surface area contributed by atoms with E-state index in [2.05, 4.69) is 4.98 Å². The van der Waals surface area contributed by atoms with E-state index in [9.17, 15) is 9.59 Å². The van der Waals surface area contributed by atoms with Gasteiger partial charge in [-0.05, 0) is 24.3 Å². The zero-order chi connectivity index (χ0) is 15.3. The Morgan fingerprint density at radius 1 is 0.818 bits per heavy atom. The second-order valence-corrected chi connectivity index (χ2v) is 5.36. The summed E-state index contributed by atoms with van der Waals surface area (Å²) in [6, 6.07) is 15.9. The van der Waals surface area contributed by atoms with E-state index in [0.29, 0.717) is 28.0 Å². The molecule has 1 aromatic heterocycles. The number of fused-ring (bicyclic) bond motifs is 2. The maximum Gasteiger partial charge on any atom is 0.180 e. The van der Waals surface area contributed by atoms with Crippen LogP contribution in [-0.2, 0) is 0 Å². The fourth-order valence-corrected chi connectivity index (χ4v) is 2.97. The lowest BCUT2D eigenvalue weighted by molar-refractivity contribution is 0.0888. The normalized spacial score (nSPS) is 14.5. The van der Waals surface area contributed by atoms with Crippen molar-refractivity contribution in [2.75, 3.05) is 5.73 Å². The molecule has 4 nitrogen and oxygen atoms in total. The van der Waals surface area contributed by atoms with Gasteiger partial charge in [0.2, 0.25) is 0 Å². The van der Waals surface area contributed by atoms with Crippen molar-refractivity contribution in [3.63, 3.8) is 0 Å². The topological polar surface area (TPSA) is 73.0 Å². The van der Waals surface area contributed by atoms with Crippen molar-refractivity contribution >= 4 is 28.2 Å². The maximum absolute atomic E-state index is 12.5. The fourth-order valence-electron chi connectivity index (χ4n) is 2.97. The van der Waals surface area contributed by atoms with E-state index in [1.165, 1.54) is 0 Å². The molecule has 106 valence electrons. The van der Waals surface area contributed by atoms with Crippen LogP contribution in [0.2, 0.25) is 0 Å². The Bertz CT molecular complexity index is 912. The lowest BCUT2D eigenvalue weighted by atomic mass is 9.98. The zero-order valence-corrected chi connectivity index (χ0v) is 11.6. The number of carbonyl (C=O) groups excluding carboxylic acids is 2. The van der Waals surface area contributed by atoms with Gasteiger partial charge in [-0.15, -0.1) is 0 Å². The number of hydrogen-bond acceptors (Lipinski definition) is 4. The van der Waals surface area contributed by atoms with Crippen molar-refractivity contribution in [3.8, 4) is 0 Å². The van der Waals surface area contributed by atoms with Crippen LogP contribution < -0.4 is 5.73 Å². The van der Waals surface area contributed by atoms with Gasteiger partial charge < -0.3 is 5.73 Å². The Kier molecular flexibility index (Phi) is 2.60. The van der Waals surface area contributed by atoms with Crippen LogP contribution in [0.15, 0.2) is 54.6 Å². The predicted octanol–water partition coefficient (Wildman–Crippen LogP) is 2.98. The summed E-state index contributed by atoms with van der Waals surface area (Å²) in [6.07, 6.45) is 0. The average molecular weight is 288 g/mol. The van der Waals surface area contributed by atoms with Gasteiger partial charge in [-0.3, -0.25) is 14.6 Å². The summed E-state index contributed by atoms with van der Waals surface area (Å²) < 4.78 is 0. The lowest BCUT2D eigenvalue weighted by Gasteiger charge is -2.08. The molecular formula is C18H12N2O2. The molecule has 0 bridgehead atoms. The van der Waals surface area contributed by atoms with Crippen LogP contribution in [0.5, 0.6) is 0 Å². The van der Waals surface area contributed by atoms with E-state index in [-0.39, 0.29) is 11.6 Å². The molecule has 0 fully saturated rings. The van der Waals surface area contributed by atoms with Gasteiger partial charge in [0.25, 0.3) is 0 Å². The number of nitrogens with zero attached hydrogens (tertiary/aromatic N) is 1. The standard InChI is InChI=1S/C18H12N2O2/c19-13-6-3-7-14-12(13)8-9-15(20-14)16-17(21)10-4-1-2-5-11(10)18(16)22/h1-9,16H,19H2. The zero-order valence-electron chi connectivity index (χ0n) is 11.6. The van der Waals surface area contributed by atoms with Crippen molar-refractivity contribution < 1.29 is 9.59 Å². The number of Topliss-reactive ketones (excluding diaryl/α,β-unsaturated/α-hetero) is 2. The van der Waals surface area contributed by atoms with Gasteiger partial charge in [0.1, 0.15) is 5.92 Å². The van der Waals surface area contributed by atoms with Crippen molar-refractivity contribution in [1.29, 1.82) is 0 Å². The van der Waals surface area contributed by atoms with E-state index in [1.807, 2.05) is 18.2 Å². The summed E-state index contributed by atoms with van der Waals surface area (Å²) in [5, 5.41) is 0.821. The van der Waals surface area contributed by atoms with E-state index in [1.54, 1.807) is 36.4 Å². The molecule has 0 saturated heterocycles. The molecule has 0 radical (unpaired) electrons. The molecule has 22 heavy (non-hydrogen) atoms. The third-order valence-electron chi connectivity index (χ3n) is 4.07. The van der Waals surface area contributed by atoms with Crippen LogP contribution in [0.25, 0.3) is 10.9 Å². The summed E-state index contributed by atoms with van der Waals surface area (Å²) in [5.41, 5.74) is 8.66. The Labute approximate surface area is 126 Å². The first-order valence-electron chi connectivity index (χ1n) is 6.99. The predicted molar refractivity (Wildman–Crippen MR) is 84.0 cm³/mol. The van der Waals surface area contributed by atoms with Crippen molar-refractivity contribution in [2.24, 2.45) is 0 Å².